The number of aromatic nitrogens is 4. The van der Waals surface area contributed by atoms with Crippen LogP contribution in [0, 0.1) is 10.1 Å². The number of hydrogen-bond donors (Lipinski definition) is 1. The van der Waals surface area contributed by atoms with Gasteiger partial charge in [0.2, 0.25) is 12.1 Å². The minimum atomic E-state index is -1.20. The number of aryl methyl sites for hydroxylation is 1. The van der Waals surface area contributed by atoms with Crippen LogP contribution in [0.5, 0.6) is 0 Å². The third kappa shape index (κ3) is 1.73. The van der Waals surface area contributed by atoms with Gasteiger partial charge in [0.25, 0.3) is 0 Å². The van der Waals surface area contributed by atoms with Gasteiger partial charge in [0.1, 0.15) is 6.33 Å². The Bertz CT molecular complexity index is 599. The molecular weight excluding hydrogens is 230 g/mol. The maximum atomic E-state index is 10.7. The van der Waals surface area contributed by atoms with Gasteiger partial charge in [-0.2, -0.15) is 0 Å². The second-order valence-corrected chi connectivity index (χ2v) is 3.23. The van der Waals surface area contributed by atoms with Crippen molar-refractivity contribution in [3.05, 3.63) is 34.7 Å². The second-order valence-electron chi connectivity index (χ2n) is 3.23. The molecule has 0 radical (unpaired) electrons. The van der Waals surface area contributed by atoms with Crippen LogP contribution in [0.25, 0.3) is 5.82 Å². The SMILES string of the molecule is Cn1cnc([N+](=O)[O-])c1-n1cnc(C(=O)O)c1. The molecular formula is C8H7N5O4. The standard InChI is InChI=1S/C8H7N5O4/c1-11-3-10-6(13(16)17)7(11)12-2-5(8(14)15)9-4-12/h2-4H,1H3,(H,14,15). The van der Waals surface area contributed by atoms with E-state index >= 15 is 0 Å². The van der Waals surface area contributed by atoms with E-state index in [4.69, 9.17) is 5.11 Å². The smallest absolute Gasteiger partial charge is 0.407 e. The molecule has 2 heterocycles. The maximum Gasteiger partial charge on any atom is 0.407 e. The van der Waals surface area contributed by atoms with Gasteiger partial charge < -0.3 is 15.2 Å². The molecule has 17 heavy (non-hydrogen) atoms. The number of nitrogens with zero attached hydrogens (tertiary/aromatic N) is 5. The molecule has 1 N–H and O–H groups in total. The van der Waals surface area contributed by atoms with E-state index < -0.39 is 10.9 Å². The lowest BCUT2D eigenvalue weighted by Gasteiger charge is -2.00. The van der Waals surface area contributed by atoms with Gasteiger partial charge in [-0.15, -0.1) is 0 Å². The molecule has 0 aromatic carbocycles. The number of carboxylic acid groups (broad SMARTS) is 1. The quantitative estimate of drug-likeness (QED) is 0.602. The van der Waals surface area contributed by atoms with E-state index in [1.807, 2.05) is 0 Å². The van der Waals surface area contributed by atoms with E-state index in [2.05, 4.69) is 9.97 Å². The summed E-state index contributed by atoms with van der Waals surface area (Å²) in [5, 5.41) is 19.4. The highest BCUT2D eigenvalue weighted by atomic mass is 16.6. The zero-order valence-corrected chi connectivity index (χ0v) is 8.64. The van der Waals surface area contributed by atoms with Crippen LogP contribution in [0.2, 0.25) is 0 Å². The molecule has 0 aliphatic heterocycles. The van der Waals surface area contributed by atoms with Crippen molar-refractivity contribution in [2.45, 2.75) is 0 Å². The van der Waals surface area contributed by atoms with Crippen LogP contribution in [-0.4, -0.2) is 35.1 Å². The first-order valence-corrected chi connectivity index (χ1v) is 4.44. The largest absolute Gasteiger partial charge is 0.476 e. The Morgan fingerprint density at radius 2 is 2.18 bits per heavy atom. The Kier molecular flexibility index (Phi) is 2.35. The minimum Gasteiger partial charge on any atom is -0.476 e. The molecule has 0 bridgehead atoms. The first kappa shape index (κ1) is 10.8. The summed E-state index contributed by atoms with van der Waals surface area (Å²) in [6.45, 7) is 0. The summed E-state index contributed by atoms with van der Waals surface area (Å²) in [7, 11) is 1.57. The Morgan fingerprint density at radius 1 is 1.47 bits per heavy atom. The van der Waals surface area contributed by atoms with Crippen molar-refractivity contribution in [1.82, 2.24) is 19.1 Å². The van der Waals surface area contributed by atoms with Crippen LogP contribution < -0.4 is 0 Å². The van der Waals surface area contributed by atoms with Gasteiger partial charge in [0.05, 0.1) is 0 Å². The highest BCUT2D eigenvalue weighted by Gasteiger charge is 2.22. The molecule has 9 heteroatoms. The summed E-state index contributed by atoms with van der Waals surface area (Å²) < 4.78 is 2.65. The van der Waals surface area contributed by atoms with Crippen LogP contribution in [0.4, 0.5) is 5.82 Å². The molecule has 0 saturated carbocycles. The van der Waals surface area contributed by atoms with E-state index in [0.717, 1.165) is 0 Å². The zero-order chi connectivity index (χ0) is 12.6. The van der Waals surface area contributed by atoms with Gasteiger partial charge in [0, 0.05) is 13.2 Å². The molecule has 2 aromatic rings. The molecule has 0 unspecified atom stereocenters. The molecule has 2 aromatic heterocycles. The summed E-state index contributed by atoms with van der Waals surface area (Å²) in [5.74, 6) is -1.41. The molecule has 0 amide bonds. The lowest BCUT2D eigenvalue weighted by atomic mass is 10.5. The van der Waals surface area contributed by atoms with Crippen LogP contribution in [-0.2, 0) is 7.05 Å². The first-order valence-electron chi connectivity index (χ1n) is 4.44. The lowest BCUT2D eigenvalue weighted by Crippen LogP contribution is -2.02. The number of imidazole rings is 2. The van der Waals surface area contributed by atoms with Crippen molar-refractivity contribution < 1.29 is 14.8 Å². The zero-order valence-electron chi connectivity index (χ0n) is 8.64. The summed E-state index contributed by atoms with van der Waals surface area (Å²) in [6.07, 6.45) is 3.65. The van der Waals surface area contributed by atoms with Crippen molar-refractivity contribution in [1.29, 1.82) is 0 Å². The average molecular weight is 237 g/mol. The van der Waals surface area contributed by atoms with Crippen molar-refractivity contribution in [2.75, 3.05) is 0 Å². The number of aromatic carboxylic acids is 1. The predicted octanol–water partition coefficient (Wildman–Crippen LogP) is 0.212. The fourth-order valence-electron chi connectivity index (χ4n) is 1.39. The van der Waals surface area contributed by atoms with E-state index in [0.29, 0.717) is 0 Å². The van der Waals surface area contributed by atoms with Crippen molar-refractivity contribution >= 4 is 11.8 Å². The number of rotatable bonds is 3. The number of carbonyl (C=O) groups is 1. The number of nitro groups is 1. The van der Waals surface area contributed by atoms with E-state index in [1.165, 1.54) is 28.0 Å². The average Bonchev–Trinajstić information content (AvgIpc) is 2.82. The van der Waals surface area contributed by atoms with E-state index in [-0.39, 0.29) is 17.3 Å². The topological polar surface area (TPSA) is 116 Å². The Balaban J connectivity index is 2.55. The number of hydrogen-bond acceptors (Lipinski definition) is 5. The molecule has 88 valence electrons. The lowest BCUT2D eigenvalue weighted by molar-refractivity contribution is -0.389. The van der Waals surface area contributed by atoms with Gasteiger partial charge in [-0.1, -0.05) is 0 Å². The van der Waals surface area contributed by atoms with Crippen LogP contribution >= 0.6 is 0 Å². The van der Waals surface area contributed by atoms with Crippen LogP contribution in [0.15, 0.2) is 18.9 Å². The third-order valence-electron chi connectivity index (χ3n) is 2.11. The van der Waals surface area contributed by atoms with Gasteiger partial charge in [-0.3, -0.25) is 9.13 Å². The second kappa shape index (κ2) is 3.70. The van der Waals surface area contributed by atoms with Crippen LogP contribution in [0.3, 0.4) is 0 Å². The molecule has 0 spiro atoms. The molecule has 0 aliphatic rings. The molecule has 0 saturated heterocycles. The molecule has 9 nitrogen and oxygen atoms in total. The van der Waals surface area contributed by atoms with Crippen molar-refractivity contribution in [2.24, 2.45) is 7.05 Å². The summed E-state index contributed by atoms with van der Waals surface area (Å²) in [5.41, 5.74) is -0.194. The van der Waals surface area contributed by atoms with Gasteiger partial charge >= 0.3 is 11.8 Å². The third-order valence-corrected chi connectivity index (χ3v) is 2.11. The fourth-order valence-corrected chi connectivity index (χ4v) is 1.39. The van der Waals surface area contributed by atoms with Crippen LogP contribution in [0.1, 0.15) is 10.5 Å². The maximum absolute atomic E-state index is 10.7. The summed E-state index contributed by atoms with van der Waals surface area (Å²) in [6, 6.07) is 0. The Labute approximate surface area is 94.1 Å². The molecule has 2 rings (SSSR count). The minimum absolute atomic E-state index is 0.148. The highest BCUT2D eigenvalue weighted by Crippen LogP contribution is 2.20. The van der Waals surface area contributed by atoms with E-state index in [1.54, 1.807) is 7.05 Å². The first-order chi connectivity index (χ1) is 8.00. The fraction of sp³-hybridized carbons (Fsp3) is 0.125. The van der Waals surface area contributed by atoms with Gasteiger partial charge in [-0.05, 0) is 9.91 Å². The molecule has 0 fully saturated rings. The Morgan fingerprint density at radius 3 is 2.71 bits per heavy atom. The molecule has 0 atom stereocenters. The van der Waals surface area contributed by atoms with Crippen molar-refractivity contribution in [3.63, 3.8) is 0 Å². The monoisotopic (exact) mass is 237 g/mol. The predicted molar refractivity (Wildman–Crippen MR) is 53.9 cm³/mol. The highest BCUT2D eigenvalue weighted by molar-refractivity contribution is 5.85. The van der Waals surface area contributed by atoms with E-state index in [9.17, 15) is 14.9 Å². The van der Waals surface area contributed by atoms with Gasteiger partial charge in [-0.25, -0.2) is 9.78 Å². The number of carboxylic acids is 1. The molecule has 0 aliphatic carbocycles. The summed E-state index contributed by atoms with van der Waals surface area (Å²) >= 11 is 0. The normalized spacial score (nSPS) is 10.4. The van der Waals surface area contributed by atoms with Gasteiger partial charge in [0.15, 0.2) is 5.69 Å². The van der Waals surface area contributed by atoms with Crippen molar-refractivity contribution in [3.8, 4) is 5.82 Å². The summed E-state index contributed by atoms with van der Waals surface area (Å²) in [4.78, 5) is 28.0. The Hall–Kier alpha value is -2.71.